The summed E-state index contributed by atoms with van der Waals surface area (Å²) in [5.74, 6) is 0. The maximum atomic E-state index is 12.6. The summed E-state index contributed by atoms with van der Waals surface area (Å²) in [6.45, 7) is 1.63. The number of hydrogen-bond donors (Lipinski definition) is 2. The van der Waals surface area contributed by atoms with Gasteiger partial charge in [-0.15, -0.1) is 9.66 Å². The molecule has 3 aromatic rings. The molecule has 0 fully saturated rings. The third-order valence-electron chi connectivity index (χ3n) is 3.73. The molecule has 0 heterocycles. The Balaban J connectivity index is 1.93. The molecular formula is C17H16N2O4S2. The first-order valence-corrected chi connectivity index (χ1v) is 10.3. The van der Waals surface area contributed by atoms with Gasteiger partial charge in [-0.05, 0) is 30.0 Å². The van der Waals surface area contributed by atoms with Crippen LogP contribution in [0, 0.1) is 6.92 Å². The Labute approximate surface area is 146 Å². The molecule has 0 aliphatic carbocycles. The van der Waals surface area contributed by atoms with E-state index in [1.807, 2.05) is 9.66 Å². The van der Waals surface area contributed by atoms with Gasteiger partial charge in [-0.2, -0.15) is 0 Å². The molecule has 0 amide bonds. The molecule has 0 unspecified atom stereocenters. The molecule has 0 aromatic heterocycles. The first-order valence-electron chi connectivity index (χ1n) is 7.38. The van der Waals surface area contributed by atoms with E-state index in [9.17, 15) is 16.8 Å². The average molecular weight is 376 g/mol. The smallest absolute Gasteiger partial charge is 0.206 e. The van der Waals surface area contributed by atoms with Gasteiger partial charge in [0.15, 0.2) is 0 Å². The fraction of sp³-hybridized carbons (Fsp3) is 0.0588. The molecular weight excluding hydrogens is 360 g/mol. The summed E-state index contributed by atoms with van der Waals surface area (Å²) in [4.78, 5) is 3.93. The lowest BCUT2D eigenvalue weighted by Crippen LogP contribution is -2.41. The van der Waals surface area contributed by atoms with Gasteiger partial charge in [-0.25, -0.2) is 16.8 Å². The standard InChI is InChI=1S/C17H16N2O4S2/c1-13-7-2-5-11-16(13)24(20,21)18-19-25(22,23)17-12-6-9-14-8-3-4-10-15(14)17/h2-12,18-19H,1H3. The van der Waals surface area contributed by atoms with Gasteiger partial charge < -0.3 is 0 Å². The first kappa shape index (κ1) is 17.6. The van der Waals surface area contributed by atoms with E-state index < -0.39 is 20.0 Å². The van der Waals surface area contributed by atoms with Crippen LogP contribution in [0.15, 0.2) is 76.5 Å². The largest absolute Gasteiger partial charge is 0.254 e. The molecule has 3 aromatic carbocycles. The molecule has 2 N–H and O–H groups in total. The average Bonchev–Trinajstić information content (AvgIpc) is 2.60. The van der Waals surface area contributed by atoms with E-state index in [1.54, 1.807) is 61.5 Å². The topological polar surface area (TPSA) is 92.3 Å². The fourth-order valence-corrected chi connectivity index (χ4v) is 5.09. The summed E-state index contributed by atoms with van der Waals surface area (Å²) in [5, 5.41) is 1.25. The van der Waals surface area contributed by atoms with E-state index in [-0.39, 0.29) is 9.79 Å². The van der Waals surface area contributed by atoms with E-state index in [0.717, 1.165) is 5.39 Å². The van der Waals surface area contributed by atoms with Gasteiger partial charge >= 0.3 is 0 Å². The van der Waals surface area contributed by atoms with Crippen molar-refractivity contribution in [2.75, 3.05) is 0 Å². The number of sulfonamides is 2. The number of rotatable bonds is 5. The lowest BCUT2D eigenvalue weighted by Gasteiger charge is -2.12. The van der Waals surface area contributed by atoms with Gasteiger partial charge in [0.2, 0.25) is 0 Å². The van der Waals surface area contributed by atoms with Crippen LogP contribution in [0.25, 0.3) is 10.8 Å². The molecule has 130 valence electrons. The Bertz CT molecular complexity index is 1130. The molecule has 0 atom stereocenters. The SMILES string of the molecule is Cc1ccccc1S(=O)(=O)NNS(=O)(=O)c1cccc2ccccc12. The van der Waals surface area contributed by atoms with Crippen molar-refractivity contribution in [3.05, 3.63) is 72.3 Å². The lowest BCUT2D eigenvalue weighted by atomic mass is 10.1. The zero-order valence-electron chi connectivity index (χ0n) is 13.3. The molecule has 0 saturated heterocycles. The molecule has 0 radical (unpaired) electrons. The molecule has 0 bridgehead atoms. The molecule has 0 aliphatic rings. The maximum absolute atomic E-state index is 12.6. The van der Waals surface area contributed by atoms with Crippen molar-refractivity contribution < 1.29 is 16.8 Å². The maximum Gasteiger partial charge on any atom is 0.254 e. The Kier molecular flexibility index (Phi) is 4.61. The molecule has 25 heavy (non-hydrogen) atoms. The second-order valence-corrected chi connectivity index (χ2v) is 8.76. The van der Waals surface area contributed by atoms with Crippen LogP contribution in [0.2, 0.25) is 0 Å². The zero-order valence-corrected chi connectivity index (χ0v) is 14.9. The summed E-state index contributed by atoms with van der Waals surface area (Å²) >= 11 is 0. The summed E-state index contributed by atoms with van der Waals surface area (Å²) in [6.07, 6.45) is 0. The highest BCUT2D eigenvalue weighted by molar-refractivity contribution is 7.92. The van der Waals surface area contributed by atoms with Crippen molar-refractivity contribution in [3.8, 4) is 0 Å². The van der Waals surface area contributed by atoms with E-state index in [4.69, 9.17) is 0 Å². The normalized spacial score (nSPS) is 12.4. The molecule has 0 saturated carbocycles. The molecule has 0 aliphatic heterocycles. The highest BCUT2D eigenvalue weighted by atomic mass is 32.2. The van der Waals surface area contributed by atoms with Crippen LogP contribution in [-0.2, 0) is 20.0 Å². The molecule has 6 nitrogen and oxygen atoms in total. The van der Waals surface area contributed by atoms with E-state index >= 15 is 0 Å². The summed E-state index contributed by atoms with van der Waals surface area (Å²) in [7, 11) is -8.11. The van der Waals surface area contributed by atoms with Crippen molar-refractivity contribution in [1.29, 1.82) is 0 Å². The quantitative estimate of drug-likeness (QED) is 0.669. The van der Waals surface area contributed by atoms with Gasteiger partial charge in [0.1, 0.15) is 0 Å². The monoisotopic (exact) mass is 376 g/mol. The Morgan fingerprint density at radius 1 is 0.640 bits per heavy atom. The van der Waals surface area contributed by atoms with Crippen LogP contribution in [-0.4, -0.2) is 16.8 Å². The number of aryl methyl sites for hydroxylation is 1. The van der Waals surface area contributed by atoms with Gasteiger partial charge in [-0.1, -0.05) is 54.6 Å². The fourth-order valence-electron chi connectivity index (χ4n) is 2.51. The van der Waals surface area contributed by atoms with Crippen LogP contribution < -0.4 is 9.66 Å². The third-order valence-corrected chi connectivity index (χ3v) is 6.58. The number of nitrogens with one attached hydrogen (secondary N) is 2. The first-order chi connectivity index (χ1) is 11.8. The Hall–Kier alpha value is -2.26. The van der Waals surface area contributed by atoms with Crippen molar-refractivity contribution in [2.45, 2.75) is 16.7 Å². The third kappa shape index (κ3) is 3.57. The van der Waals surface area contributed by atoms with Crippen molar-refractivity contribution in [1.82, 2.24) is 9.66 Å². The van der Waals surface area contributed by atoms with Crippen LogP contribution >= 0.6 is 0 Å². The van der Waals surface area contributed by atoms with Gasteiger partial charge in [0.25, 0.3) is 20.0 Å². The molecule has 0 spiro atoms. The van der Waals surface area contributed by atoms with Crippen LogP contribution in [0.5, 0.6) is 0 Å². The van der Waals surface area contributed by atoms with Crippen molar-refractivity contribution in [3.63, 3.8) is 0 Å². The summed E-state index contributed by atoms with van der Waals surface area (Å²) in [6, 6.07) is 18.1. The predicted molar refractivity (Wildman–Crippen MR) is 95.8 cm³/mol. The van der Waals surface area contributed by atoms with E-state index in [0.29, 0.717) is 10.9 Å². The summed E-state index contributed by atoms with van der Waals surface area (Å²) < 4.78 is 49.9. The van der Waals surface area contributed by atoms with Crippen molar-refractivity contribution in [2.24, 2.45) is 0 Å². The van der Waals surface area contributed by atoms with E-state index in [1.165, 1.54) is 12.1 Å². The minimum atomic E-state index is -4.08. The second-order valence-electron chi connectivity index (χ2n) is 5.45. The number of fused-ring (bicyclic) bond motifs is 1. The van der Waals surface area contributed by atoms with Crippen molar-refractivity contribution >= 4 is 30.8 Å². The minimum Gasteiger partial charge on any atom is -0.206 e. The van der Waals surface area contributed by atoms with Gasteiger partial charge in [0.05, 0.1) is 9.79 Å². The Morgan fingerprint density at radius 2 is 1.16 bits per heavy atom. The Morgan fingerprint density at radius 3 is 1.88 bits per heavy atom. The van der Waals surface area contributed by atoms with Crippen LogP contribution in [0.1, 0.15) is 5.56 Å². The zero-order chi connectivity index (χ0) is 18.1. The number of hydrazine groups is 1. The summed E-state index contributed by atoms with van der Waals surface area (Å²) in [5.41, 5.74) is 0.513. The lowest BCUT2D eigenvalue weighted by molar-refractivity contribution is 0.558. The number of benzene rings is 3. The molecule has 8 heteroatoms. The predicted octanol–water partition coefficient (Wildman–Crippen LogP) is 2.32. The van der Waals surface area contributed by atoms with E-state index in [2.05, 4.69) is 0 Å². The highest BCUT2D eigenvalue weighted by Crippen LogP contribution is 2.22. The number of hydrogen-bond acceptors (Lipinski definition) is 4. The highest BCUT2D eigenvalue weighted by Gasteiger charge is 2.22. The molecule has 3 rings (SSSR count). The van der Waals surface area contributed by atoms with Crippen LogP contribution in [0.3, 0.4) is 0 Å². The second kappa shape index (κ2) is 6.57. The van der Waals surface area contributed by atoms with Gasteiger partial charge in [-0.3, -0.25) is 0 Å². The van der Waals surface area contributed by atoms with Gasteiger partial charge in [0, 0.05) is 5.39 Å². The minimum absolute atomic E-state index is 0.00177. The van der Waals surface area contributed by atoms with Crippen LogP contribution in [0.4, 0.5) is 0 Å².